The Kier molecular flexibility index (Phi) is 6.83. The molecule has 0 heterocycles. The second kappa shape index (κ2) is 9.82. The fraction of sp³-hybridized carbons (Fsp3) is 0.172. The average molecular weight is 481 g/mol. The van der Waals surface area contributed by atoms with Gasteiger partial charge in [0.25, 0.3) is 0 Å². The van der Waals surface area contributed by atoms with Gasteiger partial charge < -0.3 is 9.47 Å². The maximum atomic E-state index is 14.4. The van der Waals surface area contributed by atoms with Crippen molar-refractivity contribution in [2.45, 2.75) is 25.4 Å². The minimum atomic E-state index is -4.87. The third-order valence-corrected chi connectivity index (χ3v) is 5.89. The van der Waals surface area contributed by atoms with Crippen molar-refractivity contribution in [1.29, 1.82) is 0 Å². The molecule has 0 fully saturated rings. The zero-order chi connectivity index (χ0) is 25.1. The van der Waals surface area contributed by atoms with Gasteiger partial charge in [0.1, 0.15) is 35.1 Å². The Hall–Kier alpha value is -3.80. The normalized spacial score (nSPS) is 11.8. The van der Waals surface area contributed by atoms with Crippen molar-refractivity contribution in [3.63, 3.8) is 0 Å². The molecule has 0 spiro atoms. The number of halogens is 4. The molecule has 180 valence electrons. The number of ether oxygens (including phenoxy) is 2. The molecule has 4 rings (SSSR count). The number of alkyl halides is 4. The van der Waals surface area contributed by atoms with Crippen LogP contribution in [0.25, 0.3) is 0 Å². The molecule has 0 aliphatic carbocycles. The topological polar surface area (TPSA) is 18.5 Å². The first-order chi connectivity index (χ1) is 16.7. The van der Waals surface area contributed by atoms with Gasteiger partial charge in [-0.25, -0.2) is 4.39 Å². The highest BCUT2D eigenvalue weighted by Gasteiger charge is 2.57. The van der Waals surface area contributed by atoms with E-state index in [4.69, 9.17) is 9.47 Å². The van der Waals surface area contributed by atoms with Crippen LogP contribution in [-0.4, -0.2) is 12.9 Å². The molecule has 0 amide bonds. The summed E-state index contributed by atoms with van der Waals surface area (Å²) in [6.07, 6.45) is -4.87. The maximum Gasteiger partial charge on any atom is 0.404 e. The first kappa shape index (κ1) is 24.3. The predicted octanol–water partition coefficient (Wildman–Crippen LogP) is 8.71. The highest BCUT2D eigenvalue weighted by molar-refractivity contribution is 5.46. The lowest BCUT2D eigenvalue weighted by atomic mass is 9.74. The minimum absolute atomic E-state index is 0.212. The molecule has 0 aliphatic rings. The molecule has 6 heteroatoms. The summed E-state index contributed by atoms with van der Waals surface area (Å²) in [5.41, 5.74) is -1.13. The number of hydrogen-bond donors (Lipinski definition) is 0. The molecule has 0 aliphatic heterocycles. The third kappa shape index (κ3) is 5.16. The summed E-state index contributed by atoms with van der Waals surface area (Å²) in [6.45, 7) is 2.23. The molecule has 0 aromatic heterocycles. The van der Waals surface area contributed by atoms with Gasteiger partial charge >= 0.3 is 6.18 Å². The van der Waals surface area contributed by atoms with Crippen molar-refractivity contribution in [1.82, 2.24) is 0 Å². The molecule has 0 N–H and O–H groups in total. The Labute approximate surface area is 201 Å². The standard InChI is InChI=1S/C29H24F4O2/c1-20-3-11-24(12-4-20)34-26-15-7-22(8-16-26)28(19-30,29(31,32)33)23-9-17-27(18-10-23)35-25-13-5-21(2)6-14-25/h3-18H,19H2,1-2H3. The van der Waals surface area contributed by atoms with Crippen LogP contribution in [0.4, 0.5) is 17.6 Å². The van der Waals surface area contributed by atoms with E-state index in [1.54, 1.807) is 24.3 Å². The number of aryl methyl sites for hydroxylation is 2. The lowest BCUT2D eigenvalue weighted by Crippen LogP contribution is -2.45. The van der Waals surface area contributed by atoms with Crippen LogP contribution < -0.4 is 9.47 Å². The van der Waals surface area contributed by atoms with Crippen LogP contribution in [0.3, 0.4) is 0 Å². The predicted molar refractivity (Wildman–Crippen MR) is 128 cm³/mol. The second-order valence-electron chi connectivity index (χ2n) is 8.42. The number of rotatable bonds is 7. The molecule has 0 saturated carbocycles. The van der Waals surface area contributed by atoms with Gasteiger partial charge in [0.05, 0.1) is 0 Å². The van der Waals surface area contributed by atoms with Gasteiger partial charge in [0, 0.05) is 0 Å². The van der Waals surface area contributed by atoms with E-state index < -0.39 is 18.3 Å². The van der Waals surface area contributed by atoms with Crippen molar-refractivity contribution in [2.24, 2.45) is 0 Å². The Morgan fingerprint density at radius 1 is 0.514 bits per heavy atom. The summed E-state index contributed by atoms with van der Waals surface area (Å²) >= 11 is 0. The summed E-state index contributed by atoms with van der Waals surface area (Å²) in [4.78, 5) is 0. The van der Waals surface area contributed by atoms with Crippen LogP contribution >= 0.6 is 0 Å². The summed E-state index contributed by atoms with van der Waals surface area (Å²) in [6, 6.07) is 25.2. The monoisotopic (exact) mass is 480 g/mol. The maximum absolute atomic E-state index is 14.4. The molecular weight excluding hydrogens is 456 g/mol. The zero-order valence-corrected chi connectivity index (χ0v) is 19.3. The second-order valence-corrected chi connectivity index (χ2v) is 8.42. The summed E-state index contributed by atoms with van der Waals surface area (Å²) in [5.74, 6) is 1.82. The third-order valence-electron chi connectivity index (χ3n) is 5.89. The molecular formula is C29H24F4O2. The van der Waals surface area contributed by atoms with Gasteiger partial charge in [-0.3, -0.25) is 0 Å². The SMILES string of the molecule is Cc1ccc(Oc2ccc(C(CF)(c3ccc(Oc4ccc(C)cc4)cc3)C(F)(F)F)cc2)cc1. The minimum Gasteiger partial charge on any atom is -0.457 e. The summed E-state index contributed by atoms with van der Waals surface area (Å²) < 4.78 is 69.0. The van der Waals surface area contributed by atoms with E-state index in [-0.39, 0.29) is 11.1 Å². The van der Waals surface area contributed by atoms with E-state index in [0.717, 1.165) is 11.1 Å². The largest absolute Gasteiger partial charge is 0.457 e. The van der Waals surface area contributed by atoms with Crippen molar-refractivity contribution >= 4 is 0 Å². The van der Waals surface area contributed by atoms with Crippen LogP contribution in [-0.2, 0) is 5.41 Å². The Balaban J connectivity index is 1.63. The Morgan fingerprint density at radius 3 is 1.06 bits per heavy atom. The molecule has 2 nitrogen and oxygen atoms in total. The number of benzene rings is 4. The number of hydrogen-bond acceptors (Lipinski definition) is 2. The van der Waals surface area contributed by atoms with Gasteiger partial charge in [-0.2, -0.15) is 13.2 Å². The van der Waals surface area contributed by atoms with E-state index >= 15 is 0 Å². The molecule has 0 radical (unpaired) electrons. The summed E-state index contributed by atoms with van der Waals surface area (Å²) in [5, 5.41) is 0. The highest BCUT2D eigenvalue weighted by Crippen LogP contribution is 2.47. The fourth-order valence-electron chi connectivity index (χ4n) is 3.82. The van der Waals surface area contributed by atoms with Crippen molar-refractivity contribution < 1.29 is 27.0 Å². The highest BCUT2D eigenvalue weighted by atomic mass is 19.4. The summed E-state index contributed by atoms with van der Waals surface area (Å²) in [7, 11) is 0. The van der Waals surface area contributed by atoms with Crippen LogP contribution in [0.2, 0.25) is 0 Å². The van der Waals surface area contributed by atoms with E-state index in [0.29, 0.717) is 23.0 Å². The van der Waals surface area contributed by atoms with Gasteiger partial charge in [-0.15, -0.1) is 0 Å². The molecule has 0 atom stereocenters. The molecule has 4 aromatic rings. The smallest absolute Gasteiger partial charge is 0.404 e. The van der Waals surface area contributed by atoms with Crippen LogP contribution in [0.5, 0.6) is 23.0 Å². The van der Waals surface area contributed by atoms with Crippen LogP contribution in [0.15, 0.2) is 97.1 Å². The molecule has 0 saturated heterocycles. The lowest BCUT2D eigenvalue weighted by Gasteiger charge is -2.34. The molecule has 0 unspecified atom stereocenters. The van der Waals surface area contributed by atoms with E-state index in [1.807, 2.05) is 38.1 Å². The van der Waals surface area contributed by atoms with Crippen molar-refractivity contribution in [3.8, 4) is 23.0 Å². The van der Waals surface area contributed by atoms with Gasteiger partial charge in [0.15, 0.2) is 0 Å². The van der Waals surface area contributed by atoms with E-state index in [2.05, 4.69) is 0 Å². The van der Waals surface area contributed by atoms with Crippen molar-refractivity contribution in [2.75, 3.05) is 6.67 Å². The fourth-order valence-corrected chi connectivity index (χ4v) is 3.82. The Bertz CT molecular complexity index is 1150. The molecule has 35 heavy (non-hydrogen) atoms. The first-order valence-electron chi connectivity index (χ1n) is 11.0. The Morgan fingerprint density at radius 2 is 0.800 bits per heavy atom. The molecule has 0 bridgehead atoms. The zero-order valence-electron chi connectivity index (χ0n) is 19.3. The van der Waals surface area contributed by atoms with Gasteiger partial charge in [0.2, 0.25) is 0 Å². The lowest BCUT2D eigenvalue weighted by molar-refractivity contribution is -0.182. The van der Waals surface area contributed by atoms with E-state index in [9.17, 15) is 17.6 Å². The van der Waals surface area contributed by atoms with E-state index in [1.165, 1.54) is 48.5 Å². The van der Waals surface area contributed by atoms with Crippen LogP contribution in [0.1, 0.15) is 22.3 Å². The van der Waals surface area contributed by atoms with Crippen molar-refractivity contribution in [3.05, 3.63) is 119 Å². The average Bonchev–Trinajstić information content (AvgIpc) is 2.84. The quantitative estimate of drug-likeness (QED) is 0.246. The first-order valence-corrected chi connectivity index (χ1v) is 11.0. The molecule has 4 aromatic carbocycles. The van der Waals surface area contributed by atoms with Gasteiger partial charge in [-0.1, -0.05) is 59.7 Å². The van der Waals surface area contributed by atoms with Gasteiger partial charge in [-0.05, 0) is 73.5 Å². The van der Waals surface area contributed by atoms with Crippen LogP contribution in [0, 0.1) is 13.8 Å².